The first-order chi connectivity index (χ1) is 40.6. The van der Waals surface area contributed by atoms with Crippen molar-refractivity contribution in [3.63, 3.8) is 0 Å². The maximum atomic E-state index is 13.2. The molecule has 1 fully saturated rings. The lowest BCUT2D eigenvalue weighted by Crippen LogP contribution is -2.61. The first-order valence-corrected chi connectivity index (χ1v) is 34.3. The average molecular weight is 1170 g/mol. The summed E-state index contributed by atoms with van der Waals surface area (Å²) in [5.74, 6) is -3.17. The largest absolute Gasteiger partial charge is 0.479 e. The maximum Gasteiger partial charge on any atom is 0.335 e. The van der Waals surface area contributed by atoms with Crippen LogP contribution in [0.25, 0.3) is 0 Å². The van der Waals surface area contributed by atoms with E-state index in [0.29, 0.717) is 25.7 Å². The predicted molar refractivity (Wildman–Crippen MR) is 340 cm³/mol. The Morgan fingerprint density at radius 2 is 0.759 bits per heavy atom. The van der Waals surface area contributed by atoms with Gasteiger partial charge in [0.15, 0.2) is 24.6 Å². The number of hydrogen-bond donors (Lipinski definition) is 3. The molecule has 6 unspecified atom stereocenters. The molecule has 3 N–H and O–H groups in total. The van der Waals surface area contributed by atoms with E-state index < -0.39 is 67.3 Å². The molecule has 0 spiro atoms. The van der Waals surface area contributed by atoms with Crippen LogP contribution in [0.1, 0.15) is 316 Å². The van der Waals surface area contributed by atoms with E-state index in [2.05, 4.69) is 75.5 Å². The SMILES string of the molecule is CC/C=C\C/C=C\C/C=C\C/C=C\C/C=C\CCCC(=O)OCC(COC1OC(C(=O)O)C(O)C(O)C1OC(=O)CCCCCCCCCCCCCCCCCCCCC)OC(=O)CCCCCCCCCCCCCCCCCCC. The van der Waals surface area contributed by atoms with Gasteiger partial charge < -0.3 is 39.0 Å². The molecule has 12 nitrogen and oxygen atoms in total. The van der Waals surface area contributed by atoms with Gasteiger partial charge in [0.05, 0.1) is 6.61 Å². The van der Waals surface area contributed by atoms with Gasteiger partial charge in [0.25, 0.3) is 0 Å². The monoisotopic (exact) mass is 1170 g/mol. The number of carbonyl (C=O) groups excluding carboxylic acids is 3. The number of hydrogen-bond acceptors (Lipinski definition) is 11. The molecule has 0 aromatic carbocycles. The Balaban J connectivity index is 2.65. The van der Waals surface area contributed by atoms with Gasteiger partial charge in [-0.3, -0.25) is 14.4 Å². The Bertz CT molecular complexity index is 1670. The van der Waals surface area contributed by atoms with Gasteiger partial charge in [0.2, 0.25) is 0 Å². The van der Waals surface area contributed by atoms with Crippen LogP contribution in [-0.2, 0) is 42.9 Å². The summed E-state index contributed by atoms with van der Waals surface area (Å²) in [5, 5.41) is 31.6. The van der Waals surface area contributed by atoms with E-state index in [4.69, 9.17) is 23.7 Å². The van der Waals surface area contributed by atoms with Gasteiger partial charge in [-0.15, -0.1) is 0 Å². The van der Waals surface area contributed by atoms with Crippen LogP contribution in [0.15, 0.2) is 60.8 Å². The first kappa shape index (κ1) is 77.4. The highest BCUT2D eigenvalue weighted by molar-refractivity contribution is 5.74. The van der Waals surface area contributed by atoms with Crippen LogP contribution in [-0.4, -0.2) is 89.2 Å². The Morgan fingerprint density at radius 1 is 0.410 bits per heavy atom. The summed E-state index contributed by atoms with van der Waals surface area (Å²) in [6.07, 6.45) is 61.9. The van der Waals surface area contributed by atoms with E-state index in [1.165, 1.54) is 173 Å². The number of aliphatic carboxylic acids is 1. The summed E-state index contributed by atoms with van der Waals surface area (Å²) >= 11 is 0. The van der Waals surface area contributed by atoms with Gasteiger partial charge in [-0.05, 0) is 57.8 Å². The highest BCUT2D eigenvalue weighted by Gasteiger charge is 2.50. The molecule has 12 heteroatoms. The number of carboxylic acids is 1. The third-order valence-electron chi connectivity index (χ3n) is 15.6. The second-order valence-corrected chi connectivity index (χ2v) is 23.4. The molecule has 0 radical (unpaired) electrons. The maximum absolute atomic E-state index is 13.2. The molecule has 0 aromatic heterocycles. The number of esters is 3. The van der Waals surface area contributed by atoms with Crippen LogP contribution < -0.4 is 0 Å². The zero-order chi connectivity index (χ0) is 60.3. The van der Waals surface area contributed by atoms with Crippen molar-refractivity contribution in [2.24, 2.45) is 0 Å². The van der Waals surface area contributed by atoms with E-state index in [0.717, 1.165) is 77.0 Å². The van der Waals surface area contributed by atoms with Crippen LogP contribution >= 0.6 is 0 Å². The zero-order valence-electron chi connectivity index (χ0n) is 53.2. The van der Waals surface area contributed by atoms with Crippen molar-refractivity contribution >= 4 is 23.9 Å². The first-order valence-electron chi connectivity index (χ1n) is 34.3. The van der Waals surface area contributed by atoms with Crippen LogP contribution in [0.4, 0.5) is 0 Å². The number of aliphatic hydroxyl groups is 2. The highest BCUT2D eigenvalue weighted by Crippen LogP contribution is 2.27. The summed E-state index contributed by atoms with van der Waals surface area (Å²) in [6.45, 7) is 5.89. The summed E-state index contributed by atoms with van der Waals surface area (Å²) in [5.41, 5.74) is 0. The number of rotatable bonds is 59. The highest BCUT2D eigenvalue weighted by atomic mass is 16.7. The summed E-state index contributed by atoms with van der Waals surface area (Å²) in [7, 11) is 0. The van der Waals surface area contributed by atoms with Crippen LogP contribution in [0.2, 0.25) is 0 Å². The second kappa shape index (κ2) is 58.8. The van der Waals surface area contributed by atoms with E-state index >= 15 is 0 Å². The Kier molecular flexibility index (Phi) is 54.8. The molecule has 480 valence electrons. The molecule has 0 amide bonds. The Hall–Kier alpha value is -3.58. The molecule has 1 rings (SSSR count). The minimum absolute atomic E-state index is 0.0594. The normalized spacial score (nSPS) is 17.9. The zero-order valence-corrected chi connectivity index (χ0v) is 53.2. The minimum atomic E-state index is -1.91. The third-order valence-corrected chi connectivity index (χ3v) is 15.6. The molecule has 0 aromatic rings. The van der Waals surface area contributed by atoms with Crippen molar-refractivity contribution in [1.29, 1.82) is 0 Å². The van der Waals surface area contributed by atoms with Crippen LogP contribution in [0, 0.1) is 0 Å². The number of carboxylic acid groups (broad SMARTS) is 1. The van der Waals surface area contributed by atoms with Gasteiger partial charge in [0.1, 0.15) is 18.8 Å². The van der Waals surface area contributed by atoms with E-state index in [-0.39, 0.29) is 25.9 Å². The van der Waals surface area contributed by atoms with Gasteiger partial charge in [-0.25, -0.2) is 4.79 Å². The fraction of sp³-hybridized carbons (Fsp3) is 0.803. The fourth-order valence-electron chi connectivity index (χ4n) is 10.4. The van der Waals surface area contributed by atoms with Crippen molar-refractivity contribution in [2.75, 3.05) is 13.2 Å². The predicted octanol–water partition coefficient (Wildman–Crippen LogP) is 18.7. The number of carbonyl (C=O) groups is 4. The Morgan fingerprint density at radius 3 is 1.14 bits per heavy atom. The van der Waals surface area contributed by atoms with Crippen molar-refractivity contribution in [1.82, 2.24) is 0 Å². The number of allylic oxidation sites excluding steroid dienone is 10. The third kappa shape index (κ3) is 48.3. The fourth-order valence-corrected chi connectivity index (χ4v) is 10.4. The van der Waals surface area contributed by atoms with Gasteiger partial charge in [-0.1, -0.05) is 300 Å². The number of ether oxygens (including phenoxy) is 5. The molecular formula is C71H124O12. The van der Waals surface area contributed by atoms with Crippen molar-refractivity contribution in [3.05, 3.63) is 60.8 Å². The summed E-state index contributed by atoms with van der Waals surface area (Å²) in [6, 6.07) is 0. The second-order valence-electron chi connectivity index (χ2n) is 23.4. The number of unbranched alkanes of at least 4 members (excludes halogenated alkanes) is 35. The molecule has 1 heterocycles. The van der Waals surface area contributed by atoms with Crippen molar-refractivity contribution in [2.45, 2.75) is 353 Å². The lowest BCUT2D eigenvalue weighted by molar-refractivity contribution is -0.301. The quantitative estimate of drug-likeness (QED) is 0.0228. The number of aliphatic hydroxyl groups excluding tert-OH is 2. The van der Waals surface area contributed by atoms with Crippen LogP contribution in [0.5, 0.6) is 0 Å². The van der Waals surface area contributed by atoms with Crippen LogP contribution in [0.3, 0.4) is 0 Å². The lowest BCUT2D eigenvalue weighted by Gasteiger charge is -2.40. The molecular weight excluding hydrogens is 1040 g/mol. The molecule has 0 bridgehead atoms. The van der Waals surface area contributed by atoms with Crippen molar-refractivity contribution < 1.29 is 58.2 Å². The lowest BCUT2D eigenvalue weighted by atomic mass is 9.98. The molecule has 1 aliphatic heterocycles. The van der Waals surface area contributed by atoms with E-state index in [1.54, 1.807) is 0 Å². The average Bonchev–Trinajstić information content (AvgIpc) is 3.58. The summed E-state index contributed by atoms with van der Waals surface area (Å²) < 4.78 is 28.5. The topological polar surface area (TPSA) is 175 Å². The van der Waals surface area contributed by atoms with Gasteiger partial charge in [-0.2, -0.15) is 0 Å². The van der Waals surface area contributed by atoms with Gasteiger partial charge in [0, 0.05) is 19.3 Å². The van der Waals surface area contributed by atoms with Gasteiger partial charge >= 0.3 is 23.9 Å². The van der Waals surface area contributed by atoms with E-state index in [1.807, 2.05) is 6.08 Å². The van der Waals surface area contributed by atoms with E-state index in [9.17, 15) is 34.5 Å². The smallest absolute Gasteiger partial charge is 0.335 e. The molecule has 6 atom stereocenters. The molecule has 0 saturated carbocycles. The minimum Gasteiger partial charge on any atom is -0.479 e. The molecule has 1 saturated heterocycles. The molecule has 1 aliphatic rings. The molecule has 0 aliphatic carbocycles. The molecule has 83 heavy (non-hydrogen) atoms. The summed E-state index contributed by atoms with van der Waals surface area (Å²) in [4.78, 5) is 51.4. The Labute approximate surface area is 506 Å². The standard InChI is InChI=1S/C71H124O12/c1-4-7-10-13-16-19-22-25-28-31-32-35-38-41-44-47-50-53-56-59-65(74)82-69-67(76)66(75)68(70(77)78)83-71(69)80-61-62(81-64(73)58-55-52-49-46-43-40-37-34-30-27-24-21-18-15-12-9-6-3)60-79-63(72)57-54-51-48-45-42-39-36-33-29-26-23-20-17-14-11-8-5-2/h8,11,17,20,26,29,36,39,45,48,62,66-69,71,75-76H,4-7,9-10,12-16,18-19,21-25,27-28,30-35,37-38,40-44,46-47,49-61H2,1-3H3,(H,77,78)/b11-8-,20-17-,29-26-,39-36-,48-45-. The van der Waals surface area contributed by atoms with Crippen molar-refractivity contribution in [3.8, 4) is 0 Å².